The first-order valence-corrected chi connectivity index (χ1v) is 7.80. The highest BCUT2D eigenvalue weighted by molar-refractivity contribution is 7.89. The maximum Gasteiger partial charge on any atom is 0.243 e. The van der Waals surface area contributed by atoms with Crippen molar-refractivity contribution in [3.63, 3.8) is 0 Å². The van der Waals surface area contributed by atoms with E-state index in [9.17, 15) is 8.42 Å². The molecule has 1 saturated heterocycles. The smallest absolute Gasteiger partial charge is 0.243 e. The van der Waals surface area contributed by atoms with E-state index in [-0.39, 0.29) is 29.6 Å². The van der Waals surface area contributed by atoms with E-state index in [2.05, 4.69) is 0 Å². The van der Waals surface area contributed by atoms with Gasteiger partial charge in [0.05, 0.1) is 11.5 Å². The lowest BCUT2D eigenvalue weighted by atomic mass is 10.3. The van der Waals surface area contributed by atoms with E-state index < -0.39 is 16.1 Å². The lowest BCUT2D eigenvalue weighted by Gasteiger charge is -2.31. The Morgan fingerprint density at radius 3 is 2.89 bits per heavy atom. The molecule has 1 fully saturated rings. The molecule has 0 amide bonds. The zero-order valence-corrected chi connectivity index (χ0v) is 12.3. The van der Waals surface area contributed by atoms with Gasteiger partial charge in [-0.25, -0.2) is 8.42 Å². The summed E-state index contributed by atoms with van der Waals surface area (Å²) in [6.07, 6.45) is -0.544. The van der Waals surface area contributed by atoms with Crippen LogP contribution >= 0.6 is 23.8 Å². The van der Waals surface area contributed by atoms with Gasteiger partial charge in [-0.2, -0.15) is 4.31 Å². The molecule has 0 saturated carbocycles. The fraction of sp³-hybridized carbons (Fsp3) is 0.364. The lowest BCUT2D eigenvalue weighted by Crippen LogP contribution is -2.49. The molecule has 104 valence electrons. The number of halogens is 1. The molecular formula is C11H13ClN2O3S2. The van der Waals surface area contributed by atoms with E-state index in [0.29, 0.717) is 5.02 Å². The van der Waals surface area contributed by atoms with Crippen LogP contribution in [0.1, 0.15) is 0 Å². The first kappa shape index (κ1) is 14.7. The van der Waals surface area contributed by atoms with E-state index in [4.69, 9.17) is 34.3 Å². The molecular weight excluding hydrogens is 308 g/mol. The Kier molecular flexibility index (Phi) is 4.42. The zero-order valence-electron chi connectivity index (χ0n) is 9.95. The summed E-state index contributed by atoms with van der Waals surface area (Å²) < 4.78 is 31.5. The van der Waals surface area contributed by atoms with Crippen LogP contribution in [0, 0.1) is 0 Å². The lowest BCUT2D eigenvalue weighted by molar-refractivity contribution is 0.0386. The van der Waals surface area contributed by atoms with E-state index in [1.165, 1.54) is 16.4 Å². The maximum atomic E-state index is 12.4. The third kappa shape index (κ3) is 3.24. The first-order chi connectivity index (χ1) is 8.91. The Morgan fingerprint density at radius 1 is 1.53 bits per heavy atom. The summed E-state index contributed by atoms with van der Waals surface area (Å²) >= 11 is 10.7. The average Bonchev–Trinajstić information content (AvgIpc) is 2.39. The summed E-state index contributed by atoms with van der Waals surface area (Å²) in [4.78, 5) is 0.314. The Balaban J connectivity index is 2.27. The fourth-order valence-corrected chi connectivity index (χ4v) is 3.66. The van der Waals surface area contributed by atoms with Gasteiger partial charge < -0.3 is 10.5 Å². The van der Waals surface area contributed by atoms with Gasteiger partial charge in [-0.15, -0.1) is 0 Å². The van der Waals surface area contributed by atoms with Gasteiger partial charge in [-0.1, -0.05) is 29.9 Å². The van der Waals surface area contributed by atoms with Crippen LogP contribution in [-0.4, -0.2) is 43.5 Å². The van der Waals surface area contributed by atoms with Gasteiger partial charge in [0.1, 0.15) is 11.1 Å². The van der Waals surface area contributed by atoms with Gasteiger partial charge in [0.15, 0.2) is 0 Å². The van der Waals surface area contributed by atoms with Gasteiger partial charge in [0.25, 0.3) is 0 Å². The molecule has 1 aliphatic heterocycles. The van der Waals surface area contributed by atoms with Gasteiger partial charge in [0.2, 0.25) is 10.0 Å². The number of hydrogen-bond acceptors (Lipinski definition) is 4. The van der Waals surface area contributed by atoms with Crippen LogP contribution in [0.2, 0.25) is 5.02 Å². The van der Waals surface area contributed by atoms with Crippen LogP contribution in [0.3, 0.4) is 0 Å². The number of rotatable bonds is 3. The molecule has 1 atom stereocenters. The Labute approximate surface area is 122 Å². The number of thiocarbonyl (C=S) groups is 1. The molecule has 1 aromatic carbocycles. The van der Waals surface area contributed by atoms with E-state index in [1.807, 2.05) is 0 Å². The molecule has 8 heteroatoms. The second-order valence-electron chi connectivity index (χ2n) is 4.08. The van der Waals surface area contributed by atoms with Crippen LogP contribution in [-0.2, 0) is 14.8 Å². The van der Waals surface area contributed by atoms with Gasteiger partial charge in [-0.3, -0.25) is 0 Å². The Morgan fingerprint density at radius 2 is 2.26 bits per heavy atom. The number of benzene rings is 1. The molecule has 0 spiro atoms. The molecule has 19 heavy (non-hydrogen) atoms. The molecule has 1 aromatic rings. The van der Waals surface area contributed by atoms with Crippen molar-refractivity contribution in [2.75, 3.05) is 19.7 Å². The number of ether oxygens (including phenoxy) is 1. The Hall–Kier alpha value is -0.730. The highest BCUT2D eigenvalue weighted by atomic mass is 35.5. The molecule has 2 rings (SSSR count). The van der Waals surface area contributed by atoms with Crippen molar-refractivity contribution < 1.29 is 13.2 Å². The van der Waals surface area contributed by atoms with Gasteiger partial charge in [-0.05, 0) is 18.2 Å². The monoisotopic (exact) mass is 320 g/mol. The average molecular weight is 321 g/mol. The summed E-state index contributed by atoms with van der Waals surface area (Å²) in [6.45, 7) is 0.667. The number of hydrogen-bond donors (Lipinski definition) is 1. The minimum absolute atomic E-state index is 0.129. The molecule has 1 aliphatic rings. The van der Waals surface area contributed by atoms with Crippen LogP contribution in [0.15, 0.2) is 29.2 Å². The van der Waals surface area contributed by atoms with Crippen molar-refractivity contribution >= 4 is 38.8 Å². The molecule has 0 aliphatic carbocycles. The largest absolute Gasteiger partial charge is 0.391 e. The second-order valence-corrected chi connectivity index (χ2v) is 6.93. The van der Waals surface area contributed by atoms with E-state index in [1.54, 1.807) is 12.1 Å². The van der Waals surface area contributed by atoms with Crippen molar-refractivity contribution in [2.45, 2.75) is 11.0 Å². The minimum atomic E-state index is -3.60. The number of nitrogens with zero attached hydrogens (tertiary/aromatic N) is 1. The van der Waals surface area contributed by atoms with Crippen molar-refractivity contribution in [3.8, 4) is 0 Å². The van der Waals surface area contributed by atoms with Crippen LogP contribution in [0.5, 0.6) is 0 Å². The summed E-state index contributed by atoms with van der Waals surface area (Å²) in [7, 11) is -3.60. The van der Waals surface area contributed by atoms with Crippen molar-refractivity contribution in [3.05, 3.63) is 29.3 Å². The van der Waals surface area contributed by atoms with Crippen LogP contribution in [0.25, 0.3) is 0 Å². The molecule has 0 aromatic heterocycles. The molecule has 5 nitrogen and oxygen atoms in total. The summed E-state index contributed by atoms with van der Waals surface area (Å²) in [5.74, 6) is 0. The van der Waals surface area contributed by atoms with Crippen LogP contribution in [0.4, 0.5) is 0 Å². The van der Waals surface area contributed by atoms with E-state index in [0.717, 1.165) is 0 Å². The summed E-state index contributed by atoms with van der Waals surface area (Å²) in [6, 6.07) is 6.15. The standard InChI is InChI=1S/C11H13ClN2O3S2/c12-8-2-1-3-9(6-8)19(15,16)14-4-5-17-10(7-14)11(13)18/h1-3,6,10H,4-5,7H2,(H2,13,18). The molecule has 2 N–H and O–H groups in total. The zero-order chi connectivity index (χ0) is 14.0. The third-order valence-electron chi connectivity index (χ3n) is 2.78. The second kappa shape index (κ2) is 5.72. The quantitative estimate of drug-likeness (QED) is 0.842. The molecule has 1 heterocycles. The topological polar surface area (TPSA) is 72.6 Å². The Bertz CT molecular complexity index is 591. The van der Waals surface area contributed by atoms with Crippen molar-refractivity contribution in [2.24, 2.45) is 5.73 Å². The highest BCUT2D eigenvalue weighted by Crippen LogP contribution is 2.21. The highest BCUT2D eigenvalue weighted by Gasteiger charge is 2.31. The summed E-state index contributed by atoms with van der Waals surface area (Å²) in [5.41, 5.74) is 5.50. The molecule has 0 bridgehead atoms. The van der Waals surface area contributed by atoms with Crippen LogP contribution < -0.4 is 5.73 Å². The minimum Gasteiger partial charge on any atom is -0.391 e. The van der Waals surface area contributed by atoms with Gasteiger partial charge >= 0.3 is 0 Å². The normalized spacial score (nSPS) is 21.2. The maximum absolute atomic E-state index is 12.4. The predicted molar refractivity (Wildman–Crippen MR) is 76.7 cm³/mol. The van der Waals surface area contributed by atoms with E-state index >= 15 is 0 Å². The van der Waals surface area contributed by atoms with Gasteiger partial charge in [0, 0.05) is 18.1 Å². The number of nitrogens with two attached hydrogens (primary N) is 1. The van der Waals surface area contributed by atoms with Crippen molar-refractivity contribution in [1.29, 1.82) is 0 Å². The fourth-order valence-electron chi connectivity index (χ4n) is 1.79. The summed E-state index contributed by atoms with van der Waals surface area (Å²) in [5, 5.41) is 0.375. The number of sulfonamides is 1. The van der Waals surface area contributed by atoms with Crippen molar-refractivity contribution in [1.82, 2.24) is 4.31 Å². The molecule has 1 unspecified atom stereocenters. The predicted octanol–water partition coefficient (Wildman–Crippen LogP) is 1.02. The molecule has 0 radical (unpaired) electrons. The number of morpholine rings is 1. The third-order valence-corrected chi connectivity index (χ3v) is 5.14. The first-order valence-electron chi connectivity index (χ1n) is 5.58. The SMILES string of the molecule is NC(=S)C1CN(S(=O)(=O)c2cccc(Cl)c2)CCO1.